The van der Waals surface area contributed by atoms with E-state index in [9.17, 15) is 0 Å². The molecule has 1 aliphatic rings. The summed E-state index contributed by atoms with van der Waals surface area (Å²) >= 11 is 3.49. The molecule has 1 aromatic carbocycles. The molecule has 0 amide bonds. The summed E-state index contributed by atoms with van der Waals surface area (Å²) in [7, 11) is 1.79. The molecule has 1 fully saturated rings. The van der Waals surface area contributed by atoms with Gasteiger partial charge in [0, 0.05) is 24.2 Å². The fourth-order valence-electron chi connectivity index (χ4n) is 2.17. The second-order valence-electron chi connectivity index (χ2n) is 5.21. The van der Waals surface area contributed by atoms with E-state index in [1.165, 1.54) is 18.4 Å². The molecule has 0 spiro atoms. The predicted molar refractivity (Wildman–Crippen MR) is 79.0 cm³/mol. The van der Waals surface area contributed by atoms with Gasteiger partial charge in [-0.15, -0.1) is 0 Å². The highest BCUT2D eigenvalue weighted by molar-refractivity contribution is 9.10. The number of hydrogen-bond acceptors (Lipinski definition) is 2. The monoisotopic (exact) mass is 311 g/mol. The third kappa shape index (κ3) is 4.38. The summed E-state index contributed by atoms with van der Waals surface area (Å²) in [5.74, 6) is 0.536. The van der Waals surface area contributed by atoms with E-state index in [4.69, 9.17) is 4.74 Å². The number of benzene rings is 1. The minimum atomic E-state index is 0.305. The number of methoxy groups -OCH3 is 1. The van der Waals surface area contributed by atoms with E-state index >= 15 is 0 Å². The quantitative estimate of drug-likeness (QED) is 0.829. The molecule has 1 aliphatic carbocycles. The zero-order chi connectivity index (χ0) is 13.0. The van der Waals surface area contributed by atoms with Crippen LogP contribution in [0.25, 0.3) is 0 Å². The van der Waals surface area contributed by atoms with Crippen LogP contribution in [0, 0.1) is 0 Å². The molecule has 2 atom stereocenters. The number of rotatable bonds is 7. The van der Waals surface area contributed by atoms with Crippen molar-refractivity contribution in [3.63, 3.8) is 0 Å². The molecule has 2 rings (SSSR count). The minimum Gasteiger partial charge on any atom is -0.382 e. The predicted octanol–water partition coefficient (Wildman–Crippen LogP) is 3.71. The van der Waals surface area contributed by atoms with Crippen LogP contribution in [-0.4, -0.2) is 25.8 Å². The lowest BCUT2D eigenvalue weighted by Crippen LogP contribution is -2.26. The smallest absolute Gasteiger partial charge is 0.0549 e. The highest BCUT2D eigenvalue weighted by Gasteiger charge is 2.23. The van der Waals surface area contributed by atoms with Crippen molar-refractivity contribution in [3.05, 3.63) is 34.3 Å². The summed E-state index contributed by atoms with van der Waals surface area (Å²) in [5, 5.41) is 3.63. The third-order valence-corrected chi connectivity index (χ3v) is 4.12. The van der Waals surface area contributed by atoms with Crippen molar-refractivity contribution < 1.29 is 4.74 Å². The third-order valence-electron chi connectivity index (χ3n) is 3.59. The van der Waals surface area contributed by atoms with Crippen LogP contribution in [0.15, 0.2) is 28.7 Å². The van der Waals surface area contributed by atoms with E-state index in [2.05, 4.69) is 52.4 Å². The summed E-state index contributed by atoms with van der Waals surface area (Å²) in [4.78, 5) is 0. The maximum absolute atomic E-state index is 5.41. The molecule has 2 nitrogen and oxygen atoms in total. The van der Waals surface area contributed by atoms with Gasteiger partial charge in [-0.25, -0.2) is 0 Å². The second-order valence-corrected chi connectivity index (χ2v) is 6.13. The van der Waals surface area contributed by atoms with E-state index in [1.54, 1.807) is 7.11 Å². The number of hydrogen-bond donors (Lipinski definition) is 1. The van der Waals surface area contributed by atoms with Gasteiger partial charge >= 0.3 is 0 Å². The van der Waals surface area contributed by atoms with Crippen molar-refractivity contribution in [2.75, 3.05) is 13.7 Å². The Hall–Kier alpha value is -0.380. The van der Waals surface area contributed by atoms with Crippen LogP contribution in [0.2, 0.25) is 0 Å². The van der Waals surface area contributed by atoms with Crippen LogP contribution in [0.4, 0.5) is 0 Å². The Bertz CT molecular complexity index is 361. The van der Waals surface area contributed by atoms with Crippen LogP contribution in [0.1, 0.15) is 37.7 Å². The maximum atomic E-state index is 5.41. The van der Waals surface area contributed by atoms with Gasteiger partial charge in [-0.1, -0.05) is 28.1 Å². The molecule has 0 heterocycles. The molecule has 0 bridgehead atoms. The van der Waals surface area contributed by atoms with Crippen LogP contribution >= 0.6 is 15.9 Å². The van der Waals surface area contributed by atoms with E-state index in [-0.39, 0.29) is 0 Å². The minimum absolute atomic E-state index is 0.305. The summed E-state index contributed by atoms with van der Waals surface area (Å²) in [5.41, 5.74) is 1.40. The van der Waals surface area contributed by atoms with Crippen LogP contribution in [0.5, 0.6) is 0 Å². The van der Waals surface area contributed by atoms with Crippen molar-refractivity contribution in [1.29, 1.82) is 0 Å². The van der Waals surface area contributed by atoms with Gasteiger partial charge < -0.3 is 10.1 Å². The summed E-state index contributed by atoms with van der Waals surface area (Å²) in [6.07, 6.45) is 4.05. The van der Waals surface area contributed by atoms with Gasteiger partial charge in [0.2, 0.25) is 0 Å². The average Bonchev–Trinajstić information content (AvgIpc) is 3.19. The molecule has 1 saturated carbocycles. The lowest BCUT2D eigenvalue weighted by molar-refractivity contribution is 0.104. The van der Waals surface area contributed by atoms with Crippen LogP contribution < -0.4 is 5.32 Å². The molecule has 18 heavy (non-hydrogen) atoms. The molecule has 3 heteroatoms. The van der Waals surface area contributed by atoms with Gasteiger partial charge in [0.25, 0.3) is 0 Å². The SMILES string of the molecule is COC(C)CC(CNC1CC1)c1ccc(Br)cc1. The number of halogens is 1. The first-order valence-corrected chi connectivity index (χ1v) is 7.50. The molecule has 0 aromatic heterocycles. The van der Waals surface area contributed by atoms with Crippen molar-refractivity contribution in [2.24, 2.45) is 0 Å². The molecular weight excluding hydrogens is 290 g/mol. The molecule has 1 N–H and O–H groups in total. The van der Waals surface area contributed by atoms with Crippen LogP contribution in [-0.2, 0) is 4.74 Å². The number of nitrogens with one attached hydrogen (secondary N) is 1. The normalized spacial score (nSPS) is 18.6. The van der Waals surface area contributed by atoms with E-state index in [0.29, 0.717) is 12.0 Å². The molecule has 100 valence electrons. The average molecular weight is 312 g/mol. The van der Waals surface area contributed by atoms with Crippen LogP contribution in [0.3, 0.4) is 0 Å². The van der Waals surface area contributed by atoms with Gasteiger partial charge in [-0.3, -0.25) is 0 Å². The Morgan fingerprint density at radius 1 is 1.33 bits per heavy atom. The fourth-order valence-corrected chi connectivity index (χ4v) is 2.43. The van der Waals surface area contributed by atoms with Crippen molar-refractivity contribution in [2.45, 2.75) is 44.2 Å². The summed E-state index contributed by atoms with van der Waals surface area (Å²) < 4.78 is 6.55. The first kappa shape index (κ1) is 14.0. The van der Waals surface area contributed by atoms with Gasteiger partial charge in [-0.05, 0) is 49.8 Å². The number of ether oxygens (including phenoxy) is 1. The lowest BCUT2D eigenvalue weighted by Gasteiger charge is -2.21. The second kappa shape index (κ2) is 6.69. The first-order valence-electron chi connectivity index (χ1n) is 6.70. The van der Waals surface area contributed by atoms with Crippen molar-refractivity contribution in [3.8, 4) is 0 Å². The van der Waals surface area contributed by atoms with Gasteiger partial charge in [0.05, 0.1) is 6.10 Å². The molecule has 0 aliphatic heterocycles. The Morgan fingerprint density at radius 3 is 2.56 bits per heavy atom. The highest BCUT2D eigenvalue weighted by atomic mass is 79.9. The van der Waals surface area contributed by atoms with E-state index in [1.807, 2.05) is 0 Å². The van der Waals surface area contributed by atoms with Crippen molar-refractivity contribution in [1.82, 2.24) is 5.32 Å². The Labute approximate surface area is 118 Å². The molecular formula is C15H22BrNO. The fraction of sp³-hybridized carbons (Fsp3) is 0.600. The van der Waals surface area contributed by atoms with E-state index < -0.39 is 0 Å². The topological polar surface area (TPSA) is 21.3 Å². The van der Waals surface area contributed by atoms with Gasteiger partial charge in [0.1, 0.15) is 0 Å². The zero-order valence-electron chi connectivity index (χ0n) is 11.2. The summed E-state index contributed by atoms with van der Waals surface area (Å²) in [6, 6.07) is 9.44. The zero-order valence-corrected chi connectivity index (χ0v) is 12.7. The Balaban J connectivity index is 1.99. The molecule has 0 radical (unpaired) electrons. The van der Waals surface area contributed by atoms with Gasteiger partial charge in [0.15, 0.2) is 0 Å². The molecule has 1 aromatic rings. The maximum Gasteiger partial charge on any atom is 0.0549 e. The largest absolute Gasteiger partial charge is 0.382 e. The molecule has 2 unspecified atom stereocenters. The Kier molecular flexibility index (Phi) is 5.22. The molecule has 0 saturated heterocycles. The lowest BCUT2D eigenvalue weighted by atomic mass is 9.93. The van der Waals surface area contributed by atoms with Gasteiger partial charge in [-0.2, -0.15) is 0 Å². The summed E-state index contributed by atoms with van der Waals surface area (Å²) in [6.45, 7) is 3.20. The standard InChI is InChI=1S/C15H22BrNO/c1-11(18-2)9-13(10-17-15-7-8-15)12-3-5-14(16)6-4-12/h3-6,11,13,15,17H,7-10H2,1-2H3. The highest BCUT2D eigenvalue weighted by Crippen LogP contribution is 2.26. The Morgan fingerprint density at radius 2 is 2.00 bits per heavy atom. The van der Waals surface area contributed by atoms with Crippen molar-refractivity contribution >= 4 is 15.9 Å². The first-order chi connectivity index (χ1) is 8.69. The van der Waals surface area contributed by atoms with E-state index in [0.717, 1.165) is 23.5 Å².